The zero-order valence-electron chi connectivity index (χ0n) is 25.2. The van der Waals surface area contributed by atoms with Gasteiger partial charge in [-0.25, -0.2) is 9.48 Å². The van der Waals surface area contributed by atoms with E-state index in [4.69, 9.17) is 4.74 Å². The van der Waals surface area contributed by atoms with E-state index in [-0.39, 0.29) is 56.0 Å². The third-order valence-corrected chi connectivity index (χ3v) is 8.39. The maximum Gasteiger partial charge on any atom is 0.407 e. The normalized spacial score (nSPS) is 18.5. The Morgan fingerprint density at radius 3 is 2.22 bits per heavy atom. The Hall–Kier alpha value is -5.15. The summed E-state index contributed by atoms with van der Waals surface area (Å²) in [5.41, 5.74) is 0.396. The van der Waals surface area contributed by atoms with Crippen molar-refractivity contribution in [1.29, 1.82) is 0 Å². The van der Waals surface area contributed by atoms with Crippen LogP contribution in [-0.2, 0) is 19.2 Å². The summed E-state index contributed by atoms with van der Waals surface area (Å²) in [6.45, 7) is 1.80. The standard InChI is InChI=1S/C30H37N7O9/c38-24(36-13-4-8-23(36)29(43)33-11-5-12-33)19-46-25-18-22(32-37(25)20-6-2-1-3-7-20)27(41)31-21(9-10-26(39)40)28(42)34-14-16-35(17-15-34)30(44)45/h1-3,6-7,18,21,23H,4-5,8-17,19H2,(H,31,41)(H,39,40)(H,44,45). The second-order valence-electron chi connectivity index (χ2n) is 11.4. The van der Waals surface area contributed by atoms with Crippen LogP contribution in [0.4, 0.5) is 4.79 Å². The van der Waals surface area contributed by atoms with Gasteiger partial charge in [0.2, 0.25) is 17.7 Å². The maximum atomic E-state index is 13.4. The Morgan fingerprint density at radius 2 is 1.59 bits per heavy atom. The van der Waals surface area contributed by atoms with Crippen LogP contribution in [0.15, 0.2) is 36.4 Å². The van der Waals surface area contributed by atoms with E-state index in [1.165, 1.54) is 25.4 Å². The van der Waals surface area contributed by atoms with E-state index >= 15 is 0 Å². The van der Waals surface area contributed by atoms with Gasteiger partial charge in [0.15, 0.2) is 12.3 Å². The number of para-hydroxylation sites is 1. The van der Waals surface area contributed by atoms with Crippen molar-refractivity contribution in [2.24, 2.45) is 0 Å². The Kier molecular flexibility index (Phi) is 10.0. The minimum atomic E-state index is -1.20. The zero-order chi connectivity index (χ0) is 32.8. The van der Waals surface area contributed by atoms with E-state index in [1.807, 2.05) is 0 Å². The molecule has 3 saturated heterocycles. The Bertz CT molecular complexity index is 1470. The van der Waals surface area contributed by atoms with Gasteiger partial charge in [0, 0.05) is 58.3 Å². The summed E-state index contributed by atoms with van der Waals surface area (Å²) in [4.78, 5) is 81.2. The van der Waals surface area contributed by atoms with Crippen molar-refractivity contribution in [1.82, 2.24) is 34.7 Å². The number of amides is 5. The molecule has 3 fully saturated rings. The molecule has 16 heteroatoms. The van der Waals surface area contributed by atoms with Gasteiger partial charge in [-0.3, -0.25) is 24.0 Å². The van der Waals surface area contributed by atoms with Crippen LogP contribution in [0, 0.1) is 0 Å². The third kappa shape index (κ3) is 7.38. The molecule has 2 unspecified atom stereocenters. The number of carboxylic acids is 1. The third-order valence-electron chi connectivity index (χ3n) is 8.39. The molecule has 0 spiro atoms. The van der Waals surface area contributed by atoms with Crippen LogP contribution in [-0.4, -0.2) is 140 Å². The molecule has 246 valence electrons. The van der Waals surface area contributed by atoms with Crippen LogP contribution in [0.3, 0.4) is 0 Å². The van der Waals surface area contributed by atoms with Gasteiger partial charge >= 0.3 is 12.1 Å². The molecule has 0 saturated carbocycles. The predicted octanol–water partition coefficient (Wildman–Crippen LogP) is 0.260. The number of hydrogen-bond donors (Lipinski definition) is 3. The van der Waals surface area contributed by atoms with Gasteiger partial charge in [0.05, 0.1) is 5.69 Å². The van der Waals surface area contributed by atoms with Crippen LogP contribution in [0.5, 0.6) is 5.88 Å². The van der Waals surface area contributed by atoms with E-state index in [1.54, 1.807) is 35.2 Å². The summed E-state index contributed by atoms with van der Waals surface area (Å²) in [5, 5.41) is 25.4. The van der Waals surface area contributed by atoms with Gasteiger partial charge in [-0.15, -0.1) is 0 Å². The van der Waals surface area contributed by atoms with Crippen LogP contribution >= 0.6 is 0 Å². The van der Waals surface area contributed by atoms with Crippen molar-refractivity contribution in [3.63, 3.8) is 0 Å². The highest BCUT2D eigenvalue weighted by Crippen LogP contribution is 2.24. The smallest absolute Gasteiger partial charge is 0.407 e. The predicted molar refractivity (Wildman–Crippen MR) is 159 cm³/mol. The first-order valence-electron chi connectivity index (χ1n) is 15.3. The summed E-state index contributed by atoms with van der Waals surface area (Å²) in [6, 6.07) is 8.35. The molecule has 5 rings (SSSR count). The van der Waals surface area contributed by atoms with Crippen LogP contribution in [0.25, 0.3) is 5.69 Å². The van der Waals surface area contributed by atoms with Crippen molar-refractivity contribution < 1.29 is 43.7 Å². The number of rotatable bonds is 11. The molecular weight excluding hydrogens is 602 g/mol. The van der Waals surface area contributed by atoms with Crippen LogP contribution in [0.2, 0.25) is 0 Å². The topological polar surface area (TPSA) is 195 Å². The summed E-state index contributed by atoms with van der Waals surface area (Å²) in [7, 11) is 0. The number of carbonyl (C=O) groups excluding carboxylic acids is 4. The fourth-order valence-electron chi connectivity index (χ4n) is 5.72. The largest absolute Gasteiger partial charge is 0.481 e. The molecule has 2 atom stereocenters. The van der Waals surface area contributed by atoms with Gasteiger partial charge < -0.3 is 39.9 Å². The molecule has 0 aliphatic carbocycles. The molecule has 46 heavy (non-hydrogen) atoms. The molecule has 4 heterocycles. The quantitative estimate of drug-likeness (QED) is 0.307. The number of nitrogens with zero attached hydrogens (tertiary/aromatic N) is 6. The first-order chi connectivity index (χ1) is 22.1. The van der Waals surface area contributed by atoms with Crippen molar-refractivity contribution in [3.8, 4) is 11.6 Å². The highest BCUT2D eigenvalue weighted by Gasteiger charge is 2.38. The fourth-order valence-corrected chi connectivity index (χ4v) is 5.72. The van der Waals surface area contributed by atoms with E-state index < -0.39 is 49.0 Å². The number of aliphatic carboxylic acids is 1. The van der Waals surface area contributed by atoms with Gasteiger partial charge in [-0.1, -0.05) is 18.2 Å². The number of aromatic nitrogens is 2. The first kappa shape index (κ1) is 32.2. The SMILES string of the molecule is O=C(O)CCC(NC(=O)c1cc(OCC(=O)N2CCCC2C(=O)N2CCC2)n(-c2ccccc2)n1)C(=O)N1CCN(C(=O)O)CC1. The number of carboxylic acid groups (broad SMARTS) is 2. The average molecular weight is 640 g/mol. The molecule has 0 bridgehead atoms. The minimum absolute atomic E-state index is 0.0545. The molecule has 1 aromatic heterocycles. The minimum Gasteiger partial charge on any atom is -0.481 e. The number of piperazine rings is 1. The molecule has 5 amide bonds. The summed E-state index contributed by atoms with van der Waals surface area (Å²) in [6.07, 6.45) is 0.565. The Balaban J connectivity index is 1.30. The molecule has 3 aliphatic heterocycles. The zero-order valence-corrected chi connectivity index (χ0v) is 25.2. The van der Waals surface area contributed by atoms with Crippen LogP contribution < -0.4 is 10.1 Å². The van der Waals surface area contributed by atoms with Gasteiger partial charge in [0.1, 0.15) is 12.1 Å². The number of nitrogens with one attached hydrogen (secondary N) is 1. The van der Waals surface area contributed by atoms with Gasteiger partial charge in [-0.05, 0) is 37.8 Å². The highest BCUT2D eigenvalue weighted by molar-refractivity contribution is 5.96. The summed E-state index contributed by atoms with van der Waals surface area (Å²) >= 11 is 0. The van der Waals surface area contributed by atoms with E-state index in [0.717, 1.165) is 6.42 Å². The molecular formula is C30H37N7O9. The Labute approximate surface area is 264 Å². The van der Waals surface area contributed by atoms with Crippen molar-refractivity contribution in [3.05, 3.63) is 42.1 Å². The van der Waals surface area contributed by atoms with Crippen molar-refractivity contribution in [2.45, 2.75) is 44.2 Å². The van der Waals surface area contributed by atoms with Gasteiger partial charge in [-0.2, -0.15) is 5.10 Å². The number of likely N-dealkylation sites (tertiary alicyclic amines) is 2. The average Bonchev–Trinajstić information content (AvgIpc) is 3.69. The number of ether oxygens (including phenoxy) is 1. The van der Waals surface area contributed by atoms with E-state index in [9.17, 15) is 39.0 Å². The van der Waals surface area contributed by atoms with Gasteiger partial charge in [0.25, 0.3) is 11.8 Å². The van der Waals surface area contributed by atoms with Crippen LogP contribution in [0.1, 0.15) is 42.6 Å². The molecule has 3 N–H and O–H groups in total. The second-order valence-corrected chi connectivity index (χ2v) is 11.4. The first-order valence-corrected chi connectivity index (χ1v) is 15.3. The molecule has 1 aromatic carbocycles. The van der Waals surface area contributed by atoms with Crippen molar-refractivity contribution in [2.75, 3.05) is 52.4 Å². The lowest BCUT2D eigenvalue weighted by Gasteiger charge is -2.35. The summed E-state index contributed by atoms with van der Waals surface area (Å²) in [5.74, 6) is -2.79. The lowest BCUT2D eigenvalue weighted by atomic mass is 10.1. The lowest BCUT2D eigenvalue weighted by molar-refractivity contribution is -0.147. The second kappa shape index (κ2) is 14.3. The number of hydrogen-bond acceptors (Lipinski definition) is 8. The fraction of sp³-hybridized carbons (Fsp3) is 0.500. The van der Waals surface area contributed by atoms with E-state index in [0.29, 0.717) is 38.2 Å². The molecule has 0 radical (unpaired) electrons. The molecule has 3 aliphatic rings. The van der Waals surface area contributed by atoms with Crippen molar-refractivity contribution >= 4 is 35.7 Å². The monoisotopic (exact) mass is 639 g/mol. The number of carbonyl (C=O) groups is 6. The number of benzene rings is 1. The summed E-state index contributed by atoms with van der Waals surface area (Å²) < 4.78 is 7.22. The molecule has 2 aromatic rings. The maximum absolute atomic E-state index is 13.4. The molecule has 16 nitrogen and oxygen atoms in total. The highest BCUT2D eigenvalue weighted by atomic mass is 16.5. The van der Waals surface area contributed by atoms with E-state index in [2.05, 4.69) is 10.4 Å². The lowest BCUT2D eigenvalue weighted by Crippen LogP contribution is -2.55. The Morgan fingerprint density at radius 1 is 0.891 bits per heavy atom.